The molecule has 1 fully saturated rings. The number of aliphatic carboxylic acids is 1. The first kappa shape index (κ1) is 13.8. The van der Waals surface area contributed by atoms with Crippen LogP contribution in [0.4, 0.5) is 4.79 Å². The van der Waals surface area contributed by atoms with E-state index in [2.05, 4.69) is 0 Å². The molecule has 0 aliphatic carbocycles. The number of likely N-dealkylation sites (tertiary alicyclic amines) is 1. The predicted octanol–water partition coefficient (Wildman–Crippen LogP) is 1.63. The molecule has 0 aromatic heterocycles. The minimum atomic E-state index is -0.755. The zero-order chi connectivity index (χ0) is 13.0. The molecule has 98 valence electrons. The van der Waals surface area contributed by atoms with Crippen molar-refractivity contribution in [2.24, 2.45) is 5.92 Å². The minimum Gasteiger partial charge on any atom is -0.481 e. The number of nitrogens with zero attached hydrogens (tertiary/aromatic N) is 2. The van der Waals surface area contributed by atoms with Crippen molar-refractivity contribution in [1.82, 2.24) is 9.80 Å². The van der Waals surface area contributed by atoms with Gasteiger partial charge in [0.1, 0.15) is 0 Å². The Kier molecular flexibility index (Phi) is 4.78. The van der Waals surface area contributed by atoms with E-state index in [0.717, 1.165) is 13.0 Å². The standard InChI is InChI=1S/C12H22N2O3/c1-9(2)13(3)12(17)14-7-6-10(8-14)4-5-11(15)16/h9-10H,4-8H2,1-3H3,(H,15,16). The van der Waals surface area contributed by atoms with E-state index in [0.29, 0.717) is 18.9 Å². The van der Waals surface area contributed by atoms with Crippen molar-refractivity contribution in [3.8, 4) is 0 Å². The Morgan fingerprint density at radius 3 is 2.65 bits per heavy atom. The maximum Gasteiger partial charge on any atom is 0.319 e. The number of carbonyl (C=O) groups is 2. The fourth-order valence-electron chi connectivity index (χ4n) is 2.01. The Labute approximate surface area is 102 Å². The highest BCUT2D eigenvalue weighted by atomic mass is 16.4. The van der Waals surface area contributed by atoms with Gasteiger partial charge in [-0.25, -0.2) is 4.79 Å². The molecule has 2 amide bonds. The topological polar surface area (TPSA) is 60.9 Å². The molecule has 17 heavy (non-hydrogen) atoms. The number of hydrogen-bond donors (Lipinski definition) is 1. The summed E-state index contributed by atoms with van der Waals surface area (Å²) in [6.45, 7) is 5.41. The van der Waals surface area contributed by atoms with E-state index in [9.17, 15) is 9.59 Å². The van der Waals surface area contributed by atoms with Crippen molar-refractivity contribution < 1.29 is 14.7 Å². The van der Waals surface area contributed by atoms with Crippen molar-refractivity contribution in [3.05, 3.63) is 0 Å². The first-order valence-electron chi connectivity index (χ1n) is 6.15. The molecule has 1 aliphatic heterocycles. The van der Waals surface area contributed by atoms with Crippen LogP contribution in [0.3, 0.4) is 0 Å². The molecule has 1 aliphatic rings. The summed E-state index contributed by atoms with van der Waals surface area (Å²) in [6, 6.07) is 0.249. The smallest absolute Gasteiger partial charge is 0.319 e. The number of carboxylic acids is 1. The van der Waals surface area contributed by atoms with E-state index in [4.69, 9.17) is 5.11 Å². The Hall–Kier alpha value is -1.26. The molecular formula is C12H22N2O3. The SMILES string of the molecule is CC(C)N(C)C(=O)N1CCC(CCC(=O)O)C1. The number of carboxylic acid groups (broad SMARTS) is 1. The molecule has 0 aromatic rings. The lowest BCUT2D eigenvalue weighted by Crippen LogP contribution is -2.43. The van der Waals surface area contributed by atoms with Crippen LogP contribution in [0.2, 0.25) is 0 Å². The maximum absolute atomic E-state index is 12.0. The van der Waals surface area contributed by atoms with Crippen molar-refractivity contribution in [2.75, 3.05) is 20.1 Å². The molecule has 1 atom stereocenters. The zero-order valence-electron chi connectivity index (χ0n) is 10.8. The van der Waals surface area contributed by atoms with Crippen LogP contribution < -0.4 is 0 Å². The normalized spacial score (nSPS) is 19.8. The summed E-state index contributed by atoms with van der Waals surface area (Å²) in [5.41, 5.74) is 0. The van der Waals surface area contributed by atoms with E-state index < -0.39 is 5.97 Å². The van der Waals surface area contributed by atoms with Crippen molar-refractivity contribution in [1.29, 1.82) is 0 Å². The number of rotatable bonds is 4. The second-order valence-corrected chi connectivity index (χ2v) is 5.02. The van der Waals surface area contributed by atoms with Crippen molar-refractivity contribution in [2.45, 2.75) is 39.2 Å². The molecule has 1 rings (SSSR count). The van der Waals surface area contributed by atoms with Gasteiger partial charge in [0.2, 0.25) is 0 Å². The van der Waals surface area contributed by atoms with Crippen molar-refractivity contribution in [3.63, 3.8) is 0 Å². The van der Waals surface area contributed by atoms with E-state index in [1.54, 1.807) is 11.9 Å². The van der Waals surface area contributed by atoms with Gasteiger partial charge >= 0.3 is 12.0 Å². The second-order valence-electron chi connectivity index (χ2n) is 5.02. The number of hydrogen-bond acceptors (Lipinski definition) is 2. The summed E-state index contributed by atoms with van der Waals surface area (Å²) in [4.78, 5) is 26.0. The molecule has 0 aromatic carbocycles. The monoisotopic (exact) mass is 242 g/mol. The Bertz CT molecular complexity index is 291. The van der Waals surface area contributed by atoms with Gasteiger partial charge in [-0.2, -0.15) is 0 Å². The predicted molar refractivity (Wildman–Crippen MR) is 64.8 cm³/mol. The van der Waals surface area contributed by atoms with E-state index >= 15 is 0 Å². The lowest BCUT2D eigenvalue weighted by molar-refractivity contribution is -0.137. The lowest BCUT2D eigenvalue weighted by atomic mass is 10.0. The summed E-state index contributed by atoms with van der Waals surface area (Å²) in [5, 5.41) is 8.62. The van der Waals surface area contributed by atoms with Gasteiger partial charge in [0.05, 0.1) is 0 Å². The molecule has 0 saturated carbocycles. The molecule has 5 nitrogen and oxygen atoms in total. The van der Waals surface area contributed by atoms with E-state index in [1.807, 2.05) is 18.7 Å². The average molecular weight is 242 g/mol. The quantitative estimate of drug-likeness (QED) is 0.815. The molecule has 0 bridgehead atoms. The third kappa shape index (κ3) is 3.91. The fraction of sp³-hybridized carbons (Fsp3) is 0.833. The van der Waals surface area contributed by atoms with Crippen LogP contribution in [-0.2, 0) is 4.79 Å². The van der Waals surface area contributed by atoms with E-state index in [1.165, 1.54) is 0 Å². The van der Waals surface area contributed by atoms with Gasteiger partial charge in [0.25, 0.3) is 0 Å². The molecule has 0 radical (unpaired) electrons. The Morgan fingerprint density at radius 1 is 1.47 bits per heavy atom. The van der Waals surface area contributed by atoms with Crippen LogP contribution in [0.5, 0.6) is 0 Å². The third-order valence-electron chi connectivity index (χ3n) is 3.40. The van der Waals surface area contributed by atoms with Gasteiger partial charge in [-0.15, -0.1) is 0 Å². The van der Waals surface area contributed by atoms with Crippen LogP contribution in [0.15, 0.2) is 0 Å². The summed E-state index contributed by atoms with van der Waals surface area (Å²) in [7, 11) is 1.80. The number of urea groups is 1. The van der Waals surface area contributed by atoms with Crippen LogP contribution in [-0.4, -0.2) is 53.1 Å². The van der Waals surface area contributed by atoms with Gasteiger partial charge in [-0.05, 0) is 32.6 Å². The Morgan fingerprint density at radius 2 is 2.12 bits per heavy atom. The van der Waals surface area contributed by atoms with Gasteiger partial charge in [0.15, 0.2) is 0 Å². The maximum atomic E-state index is 12.0. The highest BCUT2D eigenvalue weighted by Gasteiger charge is 2.28. The number of amides is 2. The molecule has 1 N–H and O–H groups in total. The Balaban J connectivity index is 2.39. The summed E-state index contributed by atoms with van der Waals surface area (Å²) in [5.74, 6) is -0.412. The average Bonchev–Trinajstić information content (AvgIpc) is 2.72. The second kappa shape index (κ2) is 5.89. The highest BCUT2D eigenvalue weighted by Crippen LogP contribution is 2.22. The fourth-order valence-corrected chi connectivity index (χ4v) is 2.01. The first-order chi connectivity index (χ1) is 7.91. The number of carbonyl (C=O) groups excluding carboxylic acids is 1. The van der Waals surface area contributed by atoms with Gasteiger partial charge < -0.3 is 14.9 Å². The highest BCUT2D eigenvalue weighted by molar-refractivity contribution is 5.74. The van der Waals surface area contributed by atoms with E-state index in [-0.39, 0.29) is 18.5 Å². The largest absolute Gasteiger partial charge is 0.481 e. The van der Waals surface area contributed by atoms with Crippen LogP contribution in [0.25, 0.3) is 0 Å². The minimum absolute atomic E-state index is 0.0535. The summed E-state index contributed by atoms with van der Waals surface area (Å²) >= 11 is 0. The zero-order valence-corrected chi connectivity index (χ0v) is 10.8. The lowest BCUT2D eigenvalue weighted by Gasteiger charge is -2.27. The first-order valence-corrected chi connectivity index (χ1v) is 6.15. The summed E-state index contributed by atoms with van der Waals surface area (Å²) in [6.07, 6.45) is 1.79. The van der Waals surface area contributed by atoms with Crippen LogP contribution in [0, 0.1) is 5.92 Å². The van der Waals surface area contributed by atoms with Crippen LogP contribution in [0.1, 0.15) is 33.1 Å². The van der Waals surface area contributed by atoms with Gasteiger partial charge in [0, 0.05) is 32.6 Å². The van der Waals surface area contributed by atoms with Gasteiger partial charge in [-0.1, -0.05) is 0 Å². The molecule has 1 unspecified atom stereocenters. The van der Waals surface area contributed by atoms with Crippen molar-refractivity contribution >= 4 is 12.0 Å². The molecule has 1 saturated heterocycles. The molecule has 0 spiro atoms. The van der Waals surface area contributed by atoms with Crippen LogP contribution >= 0.6 is 0 Å². The molecule has 5 heteroatoms. The summed E-state index contributed by atoms with van der Waals surface area (Å²) < 4.78 is 0. The van der Waals surface area contributed by atoms with Gasteiger partial charge in [-0.3, -0.25) is 4.79 Å². The molecule has 1 heterocycles. The third-order valence-corrected chi connectivity index (χ3v) is 3.40. The molecular weight excluding hydrogens is 220 g/mol.